The van der Waals surface area contributed by atoms with Crippen LogP contribution in [0.5, 0.6) is 5.75 Å². The molecule has 0 saturated carbocycles. The molecule has 25 heavy (non-hydrogen) atoms. The van der Waals surface area contributed by atoms with Crippen LogP contribution in [0.4, 0.5) is 5.69 Å². The highest BCUT2D eigenvalue weighted by atomic mass is 32.1. The summed E-state index contributed by atoms with van der Waals surface area (Å²) in [5, 5.41) is 3.34. The van der Waals surface area contributed by atoms with E-state index < -0.39 is 0 Å². The quantitative estimate of drug-likeness (QED) is 0.359. The van der Waals surface area contributed by atoms with Gasteiger partial charge >= 0.3 is 0 Å². The Morgan fingerprint density at radius 1 is 0.800 bits per heavy atom. The summed E-state index contributed by atoms with van der Waals surface area (Å²) >= 11 is 5.75. The van der Waals surface area contributed by atoms with Gasteiger partial charge in [0, 0.05) is 17.5 Å². The highest BCUT2D eigenvalue weighted by Gasteiger charge is 2.10. The van der Waals surface area contributed by atoms with E-state index >= 15 is 0 Å². The summed E-state index contributed by atoms with van der Waals surface area (Å²) < 4.78 is 5.20. The predicted molar refractivity (Wildman–Crippen MR) is 109 cm³/mol. The Hall–Kier alpha value is -2.91. The van der Waals surface area contributed by atoms with Gasteiger partial charge in [0.05, 0.1) is 12.0 Å². The summed E-state index contributed by atoms with van der Waals surface area (Å²) in [6.07, 6.45) is 1.96. The van der Waals surface area contributed by atoms with Crippen LogP contribution < -0.4 is 10.1 Å². The van der Waals surface area contributed by atoms with Crippen molar-refractivity contribution in [2.45, 2.75) is 0 Å². The van der Waals surface area contributed by atoms with E-state index in [0.29, 0.717) is 0 Å². The molecule has 3 aromatic carbocycles. The molecular formula is C22H19NOS. The lowest BCUT2D eigenvalue weighted by molar-refractivity contribution is 0.415. The molecule has 0 unspecified atom stereocenters. The van der Waals surface area contributed by atoms with E-state index in [2.05, 4.69) is 17.4 Å². The van der Waals surface area contributed by atoms with Crippen LogP contribution in [0.1, 0.15) is 11.1 Å². The zero-order chi connectivity index (χ0) is 17.5. The molecule has 0 aliphatic carbocycles. The molecule has 0 aliphatic heterocycles. The van der Waals surface area contributed by atoms with Gasteiger partial charge in [0.1, 0.15) is 5.75 Å². The third kappa shape index (κ3) is 4.34. The second kappa shape index (κ2) is 8.27. The molecule has 0 saturated heterocycles. The van der Waals surface area contributed by atoms with Crippen molar-refractivity contribution in [3.05, 3.63) is 102 Å². The van der Waals surface area contributed by atoms with E-state index in [0.717, 1.165) is 33.0 Å². The minimum absolute atomic E-state index is 0.813. The number of hydrogen-bond acceptors (Lipinski definition) is 3. The maximum absolute atomic E-state index is 5.75. The van der Waals surface area contributed by atoms with Crippen LogP contribution in [-0.4, -0.2) is 12.0 Å². The van der Waals surface area contributed by atoms with Gasteiger partial charge in [-0.3, -0.25) is 0 Å². The standard InChI is InChI=1S/C22H19NOS/c1-24-20-14-12-19(13-15-20)23-16-21(17-8-4-2-5-9-17)22(25)18-10-6-3-7-11-18/h2-16,23H,1H3/b21-16+. The van der Waals surface area contributed by atoms with E-state index in [-0.39, 0.29) is 0 Å². The van der Waals surface area contributed by atoms with Crippen molar-refractivity contribution in [3.8, 4) is 5.75 Å². The van der Waals surface area contributed by atoms with Gasteiger partial charge in [-0.15, -0.1) is 0 Å². The molecule has 3 heteroatoms. The fraction of sp³-hybridized carbons (Fsp3) is 0.0455. The van der Waals surface area contributed by atoms with Crippen LogP contribution in [0.15, 0.2) is 91.1 Å². The first kappa shape index (κ1) is 16.9. The number of allylic oxidation sites excluding steroid dienone is 1. The minimum atomic E-state index is 0.813. The first-order chi connectivity index (χ1) is 12.3. The fourth-order valence-electron chi connectivity index (χ4n) is 2.49. The molecule has 3 rings (SSSR count). The number of rotatable bonds is 6. The van der Waals surface area contributed by atoms with Gasteiger partial charge in [-0.1, -0.05) is 72.9 Å². The molecule has 0 radical (unpaired) electrons. The average Bonchev–Trinajstić information content (AvgIpc) is 2.70. The van der Waals surface area contributed by atoms with E-state index in [1.165, 1.54) is 0 Å². The topological polar surface area (TPSA) is 21.3 Å². The largest absolute Gasteiger partial charge is 0.497 e. The molecule has 0 aromatic heterocycles. The number of ether oxygens (including phenoxy) is 1. The van der Waals surface area contributed by atoms with E-state index in [1.54, 1.807) is 7.11 Å². The first-order valence-electron chi connectivity index (χ1n) is 8.04. The summed E-state index contributed by atoms with van der Waals surface area (Å²) in [4.78, 5) is 0.813. The predicted octanol–water partition coefficient (Wildman–Crippen LogP) is 5.57. The molecule has 0 bridgehead atoms. The maximum Gasteiger partial charge on any atom is 0.119 e. The van der Waals surface area contributed by atoms with Crippen molar-refractivity contribution >= 4 is 28.3 Å². The Bertz CT molecular complexity index is 856. The Morgan fingerprint density at radius 3 is 1.92 bits per heavy atom. The lowest BCUT2D eigenvalue weighted by Gasteiger charge is -2.11. The van der Waals surface area contributed by atoms with Crippen molar-refractivity contribution < 1.29 is 4.74 Å². The van der Waals surface area contributed by atoms with E-state index in [4.69, 9.17) is 17.0 Å². The Labute approximate surface area is 153 Å². The van der Waals surface area contributed by atoms with Gasteiger partial charge in [-0.05, 0) is 35.4 Å². The molecule has 2 nitrogen and oxygen atoms in total. The third-order valence-electron chi connectivity index (χ3n) is 3.84. The van der Waals surface area contributed by atoms with E-state index in [1.807, 2.05) is 79.0 Å². The van der Waals surface area contributed by atoms with Gasteiger partial charge < -0.3 is 10.1 Å². The molecule has 0 aliphatic rings. The maximum atomic E-state index is 5.75. The molecule has 0 heterocycles. The SMILES string of the molecule is COc1ccc(N/C=C(/C(=S)c2ccccc2)c2ccccc2)cc1. The highest BCUT2D eigenvalue weighted by Crippen LogP contribution is 2.22. The van der Waals surface area contributed by atoms with Crippen molar-refractivity contribution in [2.75, 3.05) is 12.4 Å². The summed E-state index contributed by atoms with van der Waals surface area (Å²) in [7, 11) is 1.66. The minimum Gasteiger partial charge on any atom is -0.497 e. The van der Waals surface area contributed by atoms with Crippen LogP contribution in [-0.2, 0) is 0 Å². The molecular weight excluding hydrogens is 326 g/mol. The number of methoxy groups -OCH3 is 1. The normalized spacial score (nSPS) is 11.0. The summed E-state index contributed by atoms with van der Waals surface area (Å²) in [6.45, 7) is 0. The van der Waals surface area contributed by atoms with Gasteiger partial charge in [-0.2, -0.15) is 0 Å². The van der Waals surface area contributed by atoms with Gasteiger partial charge in [-0.25, -0.2) is 0 Å². The summed E-state index contributed by atoms with van der Waals surface area (Å²) in [5.74, 6) is 0.831. The van der Waals surface area contributed by atoms with E-state index in [9.17, 15) is 0 Å². The second-order valence-corrected chi connectivity index (χ2v) is 5.90. The Balaban J connectivity index is 1.92. The van der Waals surface area contributed by atoms with Gasteiger partial charge in [0.2, 0.25) is 0 Å². The van der Waals surface area contributed by atoms with Crippen molar-refractivity contribution in [1.29, 1.82) is 0 Å². The lowest BCUT2D eigenvalue weighted by Crippen LogP contribution is -2.04. The monoisotopic (exact) mass is 345 g/mol. The molecule has 1 N–H and O–H groups in total. The lowest BCUT2D eigenvalue weighted by atomic mass is 9.98. The number of anilines is 1. The number of benzene rings is 3. The highest BCUT2D eigenvalue weighted by molar-refractivity contribution is 7.81. The van der Waals surface area contributed by atoms with Crippen LogP contribution in [0.25, 0.3) is 5.57 Å². The number of nitrogens with one attached hydrogen (secondary N) is 1. The molecule has 0 fully saturated rings. The molecule has 0 spiro atoms. The molecule has 0 amide bonds. The Morgan fingerprint density at radius 2 is 1.36 bits per heavy atom. The van der Waals surface area contributed by atoms with Crippen LogP contribution >= 0.6 is 12.2 Å². The van der Waals surface area contributed by atoms with Gasteiger partial charge in [0.15, 0.2) is 0 Å². The molecule has 124 valence electrons. The zero-order valence-corrected chi connectivity index (χ0v) is 14.8. The average molecular weight is 345 g/mol. The first-order valence-corrected chi connectivity index (χ1v) is 8.44. The second-order valence-electron chi connectivity index (χ2n) is 5.49. The third-order valence-corrected chi connectivity index (χ3v) is 4.29. The zero-order valence-electron chi connectivity index (χ0n) is 14.0. The molecule has 0 atom stereocenters. The van der Waals surface area contributed by atoms with Crippen LogP contribution in [0.2, 0.25) is 0 Å². The van der Waals surface area contributed by atoms with Crippen molar-refractivity contribution in [2.24, 2.45) is 0 Å². The summed E-state index contributed by atoms with van der Waals surface area (Å²) in [5.41, 5.74) is 4.07. The van der Waals surface area contributed by atoms with Crippen LogP contribution in [0, 0.1) is 0 Å². The number of thiocarbonyl (C=S) groups is 1. The summed E-state index contributed by atoms with van der Waals surface area (Å²) in [6, 6.07) is 28.0. The molecule has 3 aromatic rings. The van der Waals surface area contributed by atoms with Crippen LogP contribution in [0.3, 0.4) is 0 Å². The Kier molecular flexibility index (Phi) is 5.60. The van der Waals surface area contributed by atoms with Crippen molar-refractivity contribution in [1.82, 2.24) is 0 Å². The number of hydrogen-bond donors (Lipinski definition) is 1. The van der Waals surface area contributed by atoms with Gasteiger partial charge in [0.25, 0.3) is 0 Å². The van der Waals surface area contributed by atoms with Crippen molar-refractivity contribution in [3.63, 3.8) is 0 Å². The fourth-order valence-corrected chi connectivity index (χ4v) is 2.80. The smallest absolute Gasteiger partial charge is 0.119 e.